The van der Waals surface area contributed by atoms with Crippen molar-refractivity contribution in [3.63, 3.8) is 0 Å². The summed E-state index contributed by atoms with van der Waals surface area (Å²) in [6.07, 6.45) is 0. The lowest BCUT2D eigenvalue weighted by atomic mass is 10.1. The number of hydrogen-bond acceptors (Lipinski definition) is 5. The van der Waals surface area contributed by atoms with Gasteiger partial charge in [0.25, 0.3) is 5.91 Å². The molecular weight excluding hydrogens is 327 g/mol. The molecule has 2 heterocycles. The number of hydrogen-bond donors (Lipinski definition) is 2. The molecule has 6 nitrogen and oxygen atoms in total. The molecule has 0 saturated carbocycles. The molecule has 2 aliphatic heterocycles. The van der Waals surface area contributed by atoms with Crippen LogP contribution in [-0.2, 0) is 11.3 Å². The van der Waals surface area contributed by atoms with E-state index in [9.17, 15) is 14.3 Å². The van der Waals surface area contributed by atoms with Crippen LogP contribution in [0.3, 0.4) is 0 Å². The molecule has 0 bridgehead atoms. The van der Waals surface area contributed by atoms with Crippen molar-refractivity contribution in [2.45, 2.75) is 12.6 Å². The van der Waals surface area contributed by atoms with E-state index in [2.05, 4.69) is 5.32 Å². The fourth-order valence-corrected chi connectivity index (χ4v) is 3.10. The number of fused-ring (bicyclic) bond motifs is 2. The number of amides is 1. The minimum absolute atomic E-state index is 0.0152. The normalized spacial score (nSPS) is 18.6. The third-order valence-electron chi connectivity index (χ3n) is 4.34. The maximum atomic E-state index is 13.5. The summed E-state index contributed by atoms with van der Waals surface area (Å²) < 4.78 is 24.4. The van der Waals surface area contributed by atoms with Crippen molar-refractivity contribution < 1.29 is 23.8 Å². The molecule has 7 heteroatoms. The van der Waals surface area contributed by atoms with Gasteiger partial charge >= 0.3 is 0 Å². The minimum Gasteiger partial charge on any atom is -0.489 e. The highest BCUT2D eigenvalue weighted by molar-refractivity contribution is 5.95. The van der Waals surface area contributed by atoms with Gasteiger partial charge < -0.3 is 24.8 Å². The number of rotatable bonds is 3. The number of nitrogens with one attached hydrogen (secondary N) is 1. The van der Waals surface area contributed by atoms with Crippen LogP contribution in [0, 0.1) is 5.82 Å². The molecule has 2 aromatic carbocycles. The van der Waals surface area contributed by atoms with Crippen LogP contribution in [0.25, 0.3) is 0 Å². The summed E-state index contributed by atoms with van der Waals surface area (Å²) in [4.78, 5) is 13.5. The Hall–Kier alpha value is -2.80. The quantitative estimate of drug-likeness (QED) is 0.890. The van der Waals surface area contributed by atoms with Crippen molar-refractivity contribution in [1.29, 1.82) is 0 Å². The summed E-state index contributed by atoms with van der Waals surface area (Å²) >= 11 is 0. The second-order valence-corrected chi connectivity index (χ2v) is 6.05. The molecule has 0 spiro atoms. The van der Waals surface area contributed by atoms with Gasteiger partial charge in [-0.1, -0.05) is 6.07 Å². The first kappa shape index (κ1) is 15.7. The zero-order valence-electron chi connectivity index (χ0n) is 13.4. The number of benzene rings is 2. The lowest BCUT2D eigenvalue weighted by Crippen LogP contribution is -2.45. The van der Waals surface area contributed by atoms with Crippen LogP contribution in [-0.4, -0.2) is 36.9 Å². The lowest BCUT2D eigenvalue weighted by molar-refractivity contribution is -0.118. The number of carbonyl (C=O) groups excluding carboxylic acids is 1. The SMILES string of the molecule is O=C1COc2ccc(CN3c4ccc(F)cc4OC[C@@H]3CO)cc2N1. The summed E-state index contributed by atoms with van der Waals surface area (Å²) in [5.41, 5.74) is 2.28. The number of halogens is 1. The van der Waals surface area contributed by atoms with Crippen molar-refractivity contribution in [1.82, 2.24) is 0 Å². The molecule has 0 saturated heterocycles. The zero-order valence-corrected chi connectivity index (χ0v) is 13.4. The molecule has 0 fully saturated rings. The average Bonchev–Trinajstić information content (AvgIpc) is 2.61. The molecule has 2 aliphatic rings. The summed E-state index contributed by atoms with van der Waals surface area (Å²) in [6, 6.07) is 9.69. The van der Waals surface area contributed by atoms with Gasteiger partial charge in [-0.2, -0.15) is 0 Å². The largest absolute Gasteiger partial charge is 0.489 e. The Kier molecular flexibility index (Phi) is 3.93. The Labute approximate surface area is 143 Å². The van der Waals surface area contributed by atoms with Crippen LogP contribution in [0.2, 0.25) is 0 Å². The topological polar surface area (TPSA) is 71.0 Å². The van der Waals surface area contributed by atoms with E-state index in [1.54, 1.807) is 6.07 Å². The number of aliphatic hydroxyl groups is 1. The molecule has 0 radical (unpaired) electrons. The van der Waals surface area contributed by atoms with Crippen molar-refractivity contribution in [2.75, 3.05) is 30.0 Å². The second kappa shape index (κ2) is 6.25. The minimum atomic E-state index is -0.366. The maximum Gasteiger partial charge on any atom is 0.262 e. The lowest BCUT2D eigenvalue weighted by Gasteiger charge is -2.38. The van der Waals surface area contributed by atoms with Gasteiger partial charge in [0.15, 0.2) is 6.61 Å². The summed E-state index contributed by atoms with van der Waals surface area (Å²) in [5, 5.41) is 12.5. The summed E-state index contributed by atoms with van der Waals surface area (Å²) in [6.45, 7) is 0.692. The van der Waals surface area contributed by atoms with E-state index in [4.69, 9.17) is 9.47 Å². The van der Waals surface area contributed by atoms with E-state index in [1.165, 1.54) is 12.1 Å². The van der Waals surface area contributed by atoms with Crippen LogP contribution in [0.1, 0.15) is 5.56 Å². The average molecular weight is 344 g/mol. The van der Waals surface area contributed by atoms with Gasteiger partial charge in [0, 0.05) is 12.6 Å². The maximum absolute atomic E-state index is 13.5. The third kappa shape index (κ3) is 2.98. The van der Waals surface area contributed by atoms with E-state index in [0.29, 0.717) is 23.7 Å². The monoisotopic (exact) mass is 344 g/mol. The van der Waals surface area contributed by atoms with Gasteiger partial charge in [-0.15, -0.1) is 0 Å². The Bertz CT molecular complexity index is 827. The molecule has 1 amide bonds. The molecule has 2 aromatic rings. The van der Waals surface area contributed by atoms with E-state index in [0.717, 1.165) is 11.3 Å². The number of ether oxygens (including phenoxy) is 2. The van der Waals surface area contributed by atoms with Gasteiger partial charge in [-0.3, -0.25) is 4.79 Å². The van der Waals surface area contributed by atoms with Gasteiger partial charge in [-0.25, -0.2) is 4.39 Å². The first-order chi connectivity index (χ1) is 12.1. The molecule has 0 aliphatic carbocycles. The molecule has 0 aromatic heterocycles. The van der Waals surface area contributed by atoms with Gasteiger partial charge in [0.2, 0.25) is 0 Å². The third-order valence-corrected chi connectivity index (χ3v) is 4.34. The standard InChI is InChI=1S/C18H17FN2O4/c19-12-2-3-15-17(6-12)24-9-13(8-22)21(15)7-11-1-4-16-14(5-11)20-18(23)10-25-16/h1-6,13,22H,7-10H2,(H,20,23)/t13-/m0/s1. The fraction of sp³-hybridized carbons (Fsp3) is 0.278. The smallest absolute Gasteiger partial charge is 0.262 e. The first-order valence-electron chi connectivity index (χ1n) is 7.99. The Balaban J connectivity index is 1.65. The van der Waals surface area contributed by atoms with E-state index in [-0.39, 0.29) is 37.6 Å². The van der Waals surface area contributed by atoms with Gasteiger partial charge in [0.05, 0.1) is 24.0 Å². The van der Waals surface area contributed by atoms with Crippen LogP contribution < -0.4 is 19.7 Å². The zero-order chi connectivity index (χ0) is 17.4. The van der Waals surface area contributed by atoms with Gasteiger partial charge in [0.1, 0.15) is 23.9 Å². The molecular formula is C18H17FN2O4. The molecule has 0 unspecified atom stereocenters. The Morgan fingerprint density at radius 1 is 1.20 bits per heavy atom. The highest BCUT2D eigenvalue weighted by Crippen LogP contribution is 2.36. The molecule has 2 N–H and O–H groups in total. The van der Waals surface area contributed by atoms with E-state index in [1.807, 2.05) is 23.1 Å². The van der Waals surface area contributed by atoms with Crippen molar-refractivity contribution in [3.8, 4) is 11.5 Å². The number of nitrogens with zero attached hydrogens (tertiary/aromatic N) is 1. The molecule has 130 valence electrons. The predicted molar refractivity (Wildman–Crippen MR) is 89.5 cm³/mol. The highest BCUT2D eigenvalue weighted by Gasteiger charge is 2.28. The van der Waals surface area contributed by atoms with Crippen molar-refractivity contribution >= 4 is 17.3 Å². The van der Waals surface area contributed by atoms with Gasteiger partial charge in [-0.05, 0) is 29.8 Å². The van der Waals surface area contributed by atoms with Crippen molar-refractivity contribution in [3.05, 3.63) is 47.8 Å². The fourth-order valence-electron chi connectivity index (χ4n) is 3.10. The molecule has 4 rings (SSSR count). The van der Waals surface area contributed by atoms with Crippen LogP contribution in [0.15, 0.2) is 36.4 Å². The summed E-state index contributed by atoms with van der Waals surface area (Å²) in [5.74, 6) is 0.533. The second-order valence-electron chi connectivity index (χ2n) is 6.05. The first-order valence-corrected chi connectivity index (χ1v) is 7.99. The molecule has 1 atom stereocenters. The van der Waals surface area contributed by atoms with E-state index < -0.39 is 0 Å². The van der Waals surface area contributed by atoms with Crippen LogP contribution in [0.5, 0.6) is 11.5 Å². The number of carbonyl (C=O) groups is 1. The van der Waals surface area contributed by atoms with E-state index >= 15 is 0 Å². The molecule has 25 heavy (non-hydrogen) atoms. The highest BCUT2D eigenvalue weighted by atomic mass is 19.1. The number of anilines is 2. The number of aliphatic hydroxyl groups excluding tert-OH is 1. The van der Waals surface area contributed by atoms with Crippen LogP contribution in [0.4, 0.5) is 15.8 Å². The predicted octanol–water partition coefficient (Wildman–Crippen LogP) is 1.92. The Morgan fingerprint density at radius 3 is 2.92 bits per heavy atom. The van der Waals surface area contributed by atoms with Crippen molar-refractivity contribution in [2.24, 2.45) is 0 Å². The Morgan fingerprint density at radius 2 is 2.08 bits per heavy atom. The van der Waals surface area contributed by atoms with Crippen LogP contribution >= 0.6 is 0 Å². The summed E-state index contributed by atoms with van der Waals surface area (Å²) in [7, 11) is 0.